The van der Waals surface area contributed by atoms with E-state index in [2.05, 4.69) is 50.2 Å². The van der Waals surface area contributed by atoms with E-state index in [0.717, 1.165) is 12.1 Å². The van der Waals surface area contributed by atoms with Crippen LogP contribution < -0.4 is 10.6 Å². The highest BCUT2D eigenvalue weighted by atomic mass is 127. The van der Waals surface area contributed by atoms with Gasteiger partial charge in [-0.15, -0.1) is 35.3 Å². The van der Waals surface area contributed by atoms with Crippen LogP contribution in [0, 0.1) is 0 Å². The van der Waals surface area contributed by atoms with E-state index in [0.29, 0.717) is 35.2 Å². The molecular weight excluding hydrogens is 497 g/mol. The number of nitrogens with zero attached hydrogens (tertiary/aromatic N) is 3. The maximum atomic E-state index is 5.90. The van der Waals surface area contributed by atoms with Crippen LogP contribution in [0.25, 0.3) is 11.4 Å². The van der Waals surface area contributed by atoms with Gasteiger partial charge in [0.2, 0.25) is 11.7 Å². The van der Waals surface area contributed by atoms with Crippen molar-refractivity contribution in [3.8, 4) is 11.4 Å². The number of hydrogen-bond donors (Lipinski definition) is 2. The molecule has 0 aliphatic heterocycles. The minimum atomic E-state index is 0. The van der Waals surface area contributed by atoms with Gasteiger partial charge in [0.25, 0.3) is 0 Å². The summed E-state index contributed by atoms with van der Waals surface area (Å²) in [6.07, 6.45) is 0. The van der Waals surface area contributed by atoms with Crippen molar-refractivity contribution >= 4 is 52.9 Å². The largest absolute Gasteiger partial charge is 0.356 e. The van der Waals surface area contributed by atoms with E-state index in [4.69, 9.17) is 16.1 Å². The van der Waals surface area contributed by atoms with Crippen molar-refractivity contribution in [1.82, 2.24) is 20.8 Å². The highest BCUT2D eigenvalue weighted by molar-refractivity contribution is 14.0. The molecule has 2 aromatic heterocycles. The first kappa shape index (κ1) is 21.6. The van der Waals surface area contributed by atoms with Crippen molar-refractivity contribution in [2.75, 3.05) is 13.6 Å². The molecule has 1 unspecified atom stereocenters. The van der Waals surface area contributed by atoms with Crippen molar-refractivity contribution in [2.24, 2.45) is 4.99 Å². The Labute approximate surface area is 184 Å². The van der Waals surface area contributed by atoms with Gasteiger partial charge >= 0.3 is 0 Å². The lowest BCUT2D eigenvalue weighted by atomic mass is 10.1. The average Bonchev–Trinajstić information content (AvgIpc) is 3.34. The minimum Gasteiger partial charge on any atom is -0.356 e. The van der Waals surface area contributed by atoms with Crippen molar-refractivity contribution in [3.05, 3.63) is 57.6 Å². The monoisotopic (exact) mass is 517 g/mol. The standard InChI is InChI=1S/C18H20ClN5OS.HI/c1-12(15-4-3-9-26-15)10-21-18(20-2)22-11-16-23-17(24-25-16)13-5-7-14(19)8-6-13;/h3-9,12H,10-11H2,1-2H3,(H2,20,21,22);1H. The zero-order valence-electron chi connectivity index (χ0n) is 15.0. The minimum absolute atomic E-state index is 0. The Kier molecular flexibility index (Phi) is 8.52. The molecule has 0 spiro atoms. The van der Waals surface area contributed by atoms with Crippen LogP contribution in [0.1, 0.15) is 23.6 Å². The third-order valence-corrected chi connectivity index (χ3v) is 5.16. The molecule has 1 atom stereocenters. The topological polar surface area (TPSA) is 75.3 Å². The molecule has 0 aliphatic carbocycles. The van der Waals surface area contributed by atoms with E-state index in [1.807, 2.05) is 12.1 Å². The molecule has 6 nitrogen and oxygen atoms in total. The number of hydrogen-bond acceptors (Lipinski definition) is 5. The van der Waals surface area contributed by atoms with Gasteiger partial charge < -0.3 is 15.2 Å². The van der Waals surface area contributed by atoms with Gasteiger partial charge in [0.05, 0.1) is 6.54 Å². The normalized spacial score (nSPS) is 12.3. The van der Waals surface area contributed by atoms with Crippen LogP contribution in [-0.4, -0.2) is 29.7 Å². The Bertz CT molecular complexity index is 851. The average molecular weight is 518 g/mol. The van der Waals surface area contributed by atoms with Gasteiger partial charge in [-0.25, -0.2) is 0 Å². The third kappa shape index (κ3) is 6.18. The lowest BCUT2D eigenvalue weighted by Gasteiger charge is -2.14. The first-order valence-electron chi connectivity index (χ1n) is 8.22. The fourth-order valence-electron chi connectivity index (χ4n) is 2.34. The summed E-state index contributed by atoms with van der Waals surface area (Å²) in [5.74, 6) is 2.13. The second kappa shape index (κ2) is 10.6. The van der Waals surface area contributed by atoms with Gasteiger partial charge in [-0.1, -0.05) is 29.7 Å². The summed E-state index contributed by atoms with van der Waals surface area (Å²) >= 11 is 7.66. The Hall–Kier alpha value is -1.65. The predicted molar refractivity (Wildman–Crippen MR) is 121 cm³/mol. The summed E-state index contributed by atoms with van der Waals surface area (Å²) in [5.41, 5.74) is 0.858. The Morgan fingerprint density at radius 2 is 2.04 bits per heavy atom. The molecule has 0 amide bonds. The lowest BCUT2D eigenvalue weighted by molar-refractivity contribution is 0.375. The smallest absolute Gasteiger partial charge is 0.246 e. The molecule has 1 aromatic carbocycles. The van der Waals surface area contributed by atoms with Gasteiger partial charge in [-0.05, 0) is 35.7 Å². The number of nitrogens with one attached hydrogen (secondary N) is 2. The van der Waals surface area contributed by atoms with Crippen LogP contribution in [0.4, 0.5) is 0 Å². The van der Waals surface area contributed by atoms with Gasteiger partial charge in [0.15, 0.2) is 5.96 Å². The maximum absolute atomic E-state index is 5.90. The summed E-state index contributed by atoms with van der Waals surface area (Å²) in [6.45, 7) is 3.37. The lowest BCUT2D eigenvalue weighted by Crippen LogP contribution is -2.38. The number of benzene rings is 1. The fourth-order valence-corrected chi connectivity index (χ4v) is 3.26. The number of thiophene rings is 1. The number of aliphatic imine (C=N–C) groups is 1. The van der Waals surface area contributed by atoms with E-state index < -0.39 is 0 Å². The molecule has 3 aromatic rings. The molecule has 3 rings (SSSR count). The summed E-state index contributed by atoms with van der Waals surface area (Å²) < 4.78 is 5.29. The van der Waals surface area contributed by atoms with Crippen LogP contribution in [0.2, 0.25) is 5.02 Å². The quantitative estimate of drug-likeness (QED) is 0.285. The molecule has 0 saturated carbocycles. The van der Waals surface area contributed by atoms with Crippen LogP contribution in [0.15, 0.2) is 51.3 Å². The molecule has 144 valence electrons. The molecule has 0 bridgehead atoms. The molecule has 0 fully saturated rings. The molecule has 27 heavy (non-hydrogen) atoms. The molecule has 9 heteroatoms. The third-order valence-electron chi connectivity index (χ3n) is 3.81. The molecular formula is C18H21ClIN5OS. The Balaban J connectivity index is 0.00000261. The molecule has 0 saturated heterocycles. The zero-order valence-corrected chi connectivity index (χ0v) is 18.9. The Morgan fingerprint density at radius 3 is 2.70 bits per heavy atom. The number of halogens is 2. The van der Waals surface area contributed by atoms with Crippen molar-refractivity contribution in [2.45, 2.75) is 19.4 Å². The van der Waals surface area contributed by atoms with Gasteiger partial charge in [0.1, 0.15) is 0 Å². The fraction of sp³-hybridized carbons (Fsp3) is 0.278. The van der Waals surface area contributed by atoms with E-state index >= 15 is 0 Å². The number of aromatic nitrogens is 2. The van der Waals surface area contributed by atoms with Crippen molar-refractivity contribution in [1.29, 1.82) is 0 Å². The maximum Gasteiger partial charge on any atom is 0.246 e. The van der Waals surface area contributed by atoms with Crippen LogP contribution in [0.3, 0.4) is 0 Å². The van der Waals surface area contributed by atoms with Crippen LogP contribution >= 0.6 is 46.9 Å². The highest BCUT2D eigenvalue weighted by Crippen LogP contribution is 2.20. The van der Waals surface area contributed by atoms with Crippen LogP contribution in [0.5, 0.6) is 0 Å². The van der Waals surface area contributed by atoms with Crippen LogP contribution in [-0.2, 0) is 6.54 Å². The Morgan fingerprint density at radius 1 is 1.26 bits per heavy atom. The molecule has 2 N–H and O–H groups in total. The predicted octanol–water partition coefficient (Wildman–Crippen LogP) is 4.54. The van der Waals surface area contributed by atoms with Gasteiger partial charge in [-0.2, -0.15) is 4.98 Å². The summed E-state index contributed by atoms with van der Waals surface area (Å²) in [4.78, 5) is 9.96. The summed E-state index contributed by atoms with van der Waals surface area (Å²) in [7, 11) is 1.73. The zero-order chi connectivity index (χ0) is 18.4. The second-order valence-electron chi connectivity index (χ2n) is 5.74. The van der Waals surface area contributed by atoms with E-state index in [1.165, 1.54) is 4.88 Å². The number of rotatable bonds is 6. The second-order valence-corrected chi connectivity index (χ2v) is 7.16. The number of guanidine groups is 1. The SMILES string of the molecule is CN=C(NCc1nc(-c2ccc(Cl)cc2)no1)NCC(C)c1cccs1.I. The van der Waals surface area contributed by atoms with Crippen molar-refractivity contribution < 1.29 is 4.52 Å². The van der Waals surface area contributed by atoms with E-state index in [-0.39, 0.29) is 24.0 Å². The van der Waals surface area contributed by atoms with E-state index in [1.54, 1.807) is 30.5 Å². The van der Waals surface area contributed by atoms with Gasteiger partial charge in [0, 0.05) is 35.0 Å². The van der Waals surface area contributed by atoms with Crippen molar-refractivity contribution in [3.63, 3.8) is 0 Å². The molecule has 0 aliphatic rings. The molecule has 0 radical (unpaired) electrons. The summed E-state index contributed by atoms with van der Waals surface area (Å²) in [6, 6.07) is 11.5. The van der Waals surface area contributed by atoms with E-state index in [9.17, 15) is 0 Å². The highest BCUT2D eigenvalue weighted by Gasteiger charge is 2.10. The first-order chi connectivity index (χ1) is 12.7. The molecule has 2 heterocycles. The van der Waals surface area contributed by atoms with Gasteiger partial charge in [-0.3, -0.25) is 4.99 Å². The first-order valence-corrected chi connectivity index (χ1v) is 9.48. The summed E-state index contributed by atoms with van der Waals surface area (Å²) in [5, 5.41) is 13.3.